The molecule has 5 nitrogen and oxygen atoms in total. The largest absolute Gasteiger partial charge is 0.375 e. The van der Waals surface area contributed by atoms with E-state index in [1.165, 1.54) is 35.2 Å². The predicted molar refractivity (Wildman–Crippen MR) is 75.8 cm³/mol. The number of thioether (sulfide) groups is 1. The number of nitrogens with two attached hydrogens (primary N) is 1. The molecule has 0 radical (unpaired) electrons. The lowest BCUT2D eigenvalue weighted by molar-refractivity contribution is 0.424. The summed E-state index contributed by atoms with van der Waals surface area (Å²) in [5, 5.41) is 6.10. The molecule has 0 bridgehead atoms. The topological polar surface area (TPSA) is 77.8 Å². The molecule has 0 unspecified atom stereocenters. The van der Waals surface area contributed by atoms with Crippen LogP contribution < -0.4 is 5.73 Å². The molecule has 0 atom stereocenters. The number of hydrogen-bond acceptors (Lipinski definition) is 7. The van der Waals surface area contributed by atoms with Crippen molar-refractivity contribution in [1.82, 2.24) is 15.1 Å². The Morgan fingerprint density at radius 2 is 2.05 bits per heavy atom. The number of anilines is 1. The highest BCUT2D eigenvalue weighted by Gasteiger charge is 2.12. The third kappa shape index (κ3) is 2.97. The second kappa shape index (κ2) is 5.59. The Hall–Kier alpha value is -1.93. The smallest absolute Gasteiger partial charge is 0.277 e. The Kier molecular flexibility index (Phi) is 3.66. The minimum Gasteiger partial charge on any atom is -0.375 e. The maximum absolute atomic E-state index is 12.8. The van der Waals surface area contributed by atoms with Gasteiger partial charge in [0.25, 0.3) is 5.89 Å². The predicted octanol–water partition coefficient (Wildman–Crippen LogP) is 3.21. The second-order valence-corrected chi connectivity index (χ2v) is 5.77. The van der Waals surface area contributed by atoms with Crippen molar-refractivity contribution in [2.75, 3.05) is 5.73 Å². The highest BCUT2D eigenvalue weighted by Crippen LogP contribution is 2.24. The molecule has 2 aromatic heterocycles. The molecule has 0 amide bonds. The highest BCUT2D eigenvalue weighted by molar-refractivity contribution is 7.98. The highest BCUT2D eigenvalue weighted by atomic mass is 32.2. The first-order chi connectivity index (χ1) is 9.70. The lowest BCUT2D eigenvalue weighted by Gasteiger charge is -1.97. The number of nitrogen functional groups attached to an aromatic ring is 1. The van der Waals surface area contributed by atoms with Crippen LogP contribution in [0.1, 0.15) is 5.82 Å². The van der Waals surface area contributed by atoms with E-state index in [1.54, 1.807) is 17.5 Å². The zero-order chi connectivity index (χ0) is 13.9. The number of rotatable bonds is 4. The van der Waals surface area contributed by atoms with E-state index < -0.39 is 0 Å². The molecule has 3 aromatic rings. The Morgan fingerprint density at radius 3 is 2.75 bits per heavy atom. The number of thiazole rings is 1. The van der Waals surface area contributed by atoms with Crippen LogP contribution in [0.3, 0.4) is 0 Å². The van der Waals surface area contributed by atoms with Gasteiger partial charge in [0, 0.05) is 10.3 Å². The summed E-state index contributed by atoms with van der Waals surface area (Å²) in [5.74, 6) is 1.19. The van der Waals surface area contributed by atoms with Gasteiger partial charge in [0.15, 0.2) is 11.0 Å². The van der Waals surface area contributed by atoms with Crippen LogP contribution in [0.25, 0.3) is 11.6 Å². The van der Waals surface area contributed by atoms with Crippen LogP contribution in [0.4, 0.5) is 9.52 Å². The standard InChI is InChI=1S/C12H9FN4OS2/c13-7-1-3-8(4-2-7)19-6-10-16-11(18-17-10)9-5-20-12(14)15-9/h1-5H,6H2,(H2,14,15). The van der Waals surface area contributed by atoms with E-state index in [9.17, 15) is 4.39 Å². The maximum Gasteiger partial charge on any atom is 0.277 e. The van der Waals surface area contributed by atoms with Gasteiger partial charge in [-0.3, -0.25) is 0 Å². The Bertz CT molecular complexity index is 710. The van der Waals surface area contributed by atoms with Gasteiger partial charge in [-0.15, -0.1) is 23.1 Å². The van der Waals surface area contributed by atoms with Crippen molar-refractivity contribution in [2.24, 2.45) is 0 Å². The summed E-state index contributed by atoms with van der Waals surface area (Å²) in [6, 6.07) is 6.26. The van der Waals surface area contributed by atoms with Crippen molar-refractivity contribution >= 4 is 28.2 Å². The van der Waals surface area contributed by atoms with Gasteiger partial charge in [-0.1, -0.05) is 5.16 Å². The normalized spacial score (nSPS) is 10.8. The lowest BCUT2D eigenvalue weighted by atomic mass is 10.4. The first kappa shape index (κ1) is 13.1. The number of aromatic nitrogens is 3. The molecule has 0 aliphatic heterocycles. The molecule has 2 N–H and O–H groups in total. The van der Waals surface area contributed by atoms with Gasteiger partial charge in [-0.2, -0.15) is 4.98 Å². The monoisotopic (exact) mass is 308 g/mol. The molecule has 20 heavy (non-hydrogen) atoms. The van der Waals surface area contributed by atoms with Crippen molar-refractivity contribution in [1.29, 1.82) is 0 Å². The molecule has 102 valence electrons. The number of halogens is 1. The molecule has 0 fully saturated rings. The fourth-order valence-electron chi connectivity index (χ4n) is 1.48. The Labute approximate surface area is 122 Å². The molecule has 0 spiro atoms. The van der Waals surface area contributed by atoms with Crippen molar-refractivity contribution in [2.45, 2.75) is 10.6 Å². The molecule has 2 heterocycles. The molecule has 0 saturated heterocycles. The van der Waals surface area contributed by atoms with Crippen LogP contribution in [0, 0.1) is 5.82 Å². The Morgan fingerprint density at radius 1 is 1.25 bits per heavy atom. The Balaban J connectivity index is 1.67. The van der Waals surface area contributed by atoms with Gasteiger partial charge in [0.2, 0.25) is 0 Å². The fourth-order valence-corrected chi connectivity index (χ4v) is 2.76. The van der Waals surface area contributed by atoms with Gasteiger partial charge in [-0.05, 0) is 24.3 Å². The van der Waals surface area contributed by atoms with Gasteiger partial charge < -0.3 is 10.3 Å². The quantitative estimate of drug-likeness (QED) is 0.746. The summed E-state index contributed by atoms with van der Waals surface area (Å²) in [4.78, 5) is 9.26. The fraction of sp³-hybridized carbons (Fsp3) is 0.0833. The molecule has 3 rings (SSSR count). The molecule has 0 saturated carbocycles. The summed E-state index contributed by atoms with van der Waals surface area (Å²) in [7, 11) is 0. The SMILES string of the molecule is Nc1nc(-c2nc(CSc3ccc(F)cc3)no2)cs1. The molecular formula is C12H9FN4OS2. The zero-order valence-electron chi connectivity index (χ0n) is 10.1. The van der Waals surface area contributed by atoms with Gasteiger partial charge in [-0.25, -0.2) is 9.37 Å². The number of hydrogen-bond donors (Lipinski definition) is 1. The number of nitrogens with zero attached hydrogens (tertiary/aromatic N) is 3. The minimum atomic E-state index is -0.252. The first-order valence-electron chi connectivity index (χ1n) is 5.63. The molecule has 1 aromatic carbocycles. The van der Waals surface area contributed by atoms with Crippen LogP contribution in [-0.2, 0) is 5.75 Å². The zero-order valence-corrected chi connectivity index (χ0v) is 11.7. The van der Waals surface area contributed by atoms with Crippen molar-refractivity contribution in [3.63, 3.8) is 0 Å². The van der Waals surface area contributed by atoms with Crippen LogP contribution >= 0.6 is 23.1 Å². The third-order valence-corrected chi connectivity index (χ3v) is 4.07. The number of benzene rings is 1. The second-order valence-electron chi connectivity index (χ2n) is 3.83. The van der Waals surface area contributed by atoms with Gasteiger partial charge >= 0.3 is 0 Å². The summed E-state index contributed by atoms with van der Waals surface area (Å²) in [6.45, 7) is 0. The first-order valence-corrected chi connectivity index (χ1v) is 7.49. The van der Waals surface area contributed by atoms with E-state index >= 15 is 0 Å². The third-order valence-electron chi connectivity index (χ3n) is 2.39. The summed E-state index contributed by atoms with van der Waals surface area (Å²) in [6.07, 6.45) is 0. The molecule has 0 aliphatic rings. The van der Waals surface area contributed by atoms with Crippen molar-refractivity contribution in [3.05, 3.63) is 41.3 Å². The van der Waals surface area contributed by atoms with Crippen molar-refractivity contribution in [3.8, 4) is 11.6 Å². The molecular weight excluding hydrogens is 299 g/mol. The van der Waals surface area contributed by atoms with E-state index in [2.05, 4.69) is 15.1 Å². The van der Waals surface area contributed by atoms with Crippen LogP contribution in [0.5, 0.6) is 0 Å². The van der Waals surface area contributed by atoms with E-state index in [4.69, 9.17) is 10.3 Å². The van der Waals surface area contributed by atoms with Gasteiger partial charge in [0.05, 0.1) is 5.75 Å². The summed E-state index contributed by atoms with van der Waals surface area (Å²) in [5.41, 5.74) is 6.13. The van der Waals surface area contributed by atoms with Crippen LogP contribution in [0.2, 0.25) is 0 Å². The molecule has 0 aliphatic carbocycles. The molecule has 8 heteroatoms. The lowest BCUT2D eigenvalue weighted by Crippen LogP contribution is -1.85. The van der Waals surface area contributed by atoms with E-state index in [1.807, 2.05) is 0 Å². The van der Waals surface area contributed by atoms with E-state index in [0.717, 1.165) is 4.90 Å². The van der Waals surface area contributed by atoms with E-state index in [0.29, 0.717) is 28.3 Å². The summed E-state index contributed by atoms with van der Waals surface area (Å²) >= 11 is 2.82. The minimum absolute atomic E-state index is 0.252. The summed E-state index contributed by atoms with van der Waals surface area (Å²) < 4.78 is 17.9. The van der Waals surface area contributed by atoms with Crippen LogP contribution in [-0.4, -0.2) is 15.1 Å². The van der Waals surface area contributed by atoms with Crippen LogP contribution in [0.15, 0.2) is 39.1 Å². The maximum atomic E-state index is 12.8. The average molecular weight is 308 g/mol. The van der Waals surface area contributed by atoms with E-state index in [-0.39, 0.29) is 5.82 Å². The van der Waals surface area contributed by atoms with Gasteiger partial charge in [0.1, 0.15) is 11.5 Å². The van der Waals surface area contributed by atoms with Crippen molar-refractivity contribution < 1.29 is 8.91 Å². The average Bonchev–Trinajstić information content (AvgIpc) is 3.07.